The fourth-order valence-electron chi connectivity index (χ4n) is 3.58. The number of aryl methyl sites for hydroxylation is 1. The molecule has 0 radical (unpaired) electrons. The number of fused-ring (bicyclic) bond motifs is 1. The van der Waals surface area contributed by atoms with E-state index in [-0.39, 0.29) is 5.91 Å². The molecule has 1 amide bonds. The first-order chi connectivity index (χ1) is 14.3. The van der Waals surface area contributed by atoms with Gasteiger partial charge in [0.1, 0.15) is 5.75 Å². The molecular formula is C24H24N2O3. The first-order valence-electron chi connectivity index (χ1n) is 9.84. The second kappa shape index (κ2) is 8.85. The second-order valence-electron chi connectivity index (χ2n) is 6.94. The zero-order valence-corrected chi connectivity index (χ0v) is 16.6. The van der Waals surface area contributed by atoms with Gasteiger partial charge in [0.05, 0.1) is 25.9 Å². The van der Waals surface area contributed by atoms with Gasteiger partial charge in [-0.05, 0) is 24.3 Å². The van der Waals surface area contributed by atoms with Crippen LogP contribution >= 0.6 is 0 Å². The molecule has 1 aliphatic heterocycles. The average Bonchev–Trinajstić information content (AvgIpc) is 3.16. The molecule has 148 valence electrons. The number of carbonyl (C=O) groups is 1. The minimum atomic E-state index is 0.0747. The van der Waals surface area contributed by atoms with Crippen molar-refractivity contribution in [3.63, 3.8) is 0 Å². The van der Waals surface area contributed by atoms with E-state index in [2.05, 4.69) is 22.5 Å². The normalized spacial score (nSPS) is 13.8. The van der Waals surface area contributed by atoms with E-state index in [1.54, 1.807) is 7.11 Å². The Balaban J connectivity index is 1.52. The number of amides is 1. The SMILES string of the molecule is COc1cccc(C#CCCn2cc(C(=O)N3CCOCC3)c3ccccc32)c1. The van der Waals surface area contributed by atoms with E-state index >= 15 is 0 Å². The van der Waals surface area contributed by atoms with Crippen molar-refractivity contribution in [2.75, 3.05) is 33.4 Å². The van der Waals surface area contributed by atoms with E-state index in [0.717, 1.165) is 34.3 Å². The third-order valence-electron chi connectivity index (χ3n) is 5.10. The average molecular weight is 388 g/mol. The fourth-order valence-corrected chi connectivity index (χ4v) is 3.58. The van der Waals surface area contributed by atoms with Crippen LogP contribution in [0.2, 0.25) is 0 Å². The Hall–Kier alpha value is -3.23. The number of methoxy groups -OCH3 is 1. The van der Waals surface area contributed by atoms with Crippen LogP contribution in [0, 0.1) is 11.8 Å². The summed E-state index contributed by atoms with van der Waals surface area (Å²) in [6.07, 6.45) is 2.66. The number of aromatic nitrogens is 1. The minimum Gasteiger partial charge on any atom is -0.497 e. The third-order valence-corrected chi connectivity index (χ3v) is 5.10. The highest BCUT2D eigenvalue weighted by Gasteiger charge is 2.22. The van der Waals surface area contributed by atoms with Gasteiger partial charge >= 0.3 is 0 Å². The monoisotopic (exact) mass is 388 g/mol. The Kier molecular flexibility index (Phi) is 5.83. The number of hydrogen-bond acceptors (Lipinski definition) is 3. The summed E-state index contributed by atoms with van der Waals surface area (Å²) in [5.74, 6) is 7.30. The highest BCUT2D eigenvalue weighted by atomic mass is 16.5. The molecule has 0 N–H and O–H groups in total. The largest absolute Gasteiger partial charge is 0.497 e. The van der Waals surface area contributed by atoms with Crippen LogP contribution in [0.15, 0.2) is 54.7 Å². The van der Waals surface area contributed by atoms with Crippen molar-refractivity contribution in [3.8, 4) is 17.6 Å². The molecule has 2 heterocycles. The maximum Gasteiger partial charge on any atom is 0.256 e. The second-order valence-corrected chi connectivity index (χ2v) is 6.94. The van der Waals surface area contributed by atoms with E-state index in [1.165, 1.54) is 0 Å². The molecule has 1 fully saturated rings. The minimum absolute atomic E-state index is 0.0747. The molecule has 0 atom stereocenters. The summed E-state index contributed by atoms with van der Waals surface area (Å²) in [6, 6.07) is 15.8. The number of morpholine rings is 1. The van der Waals surface area contributed by atoms with Crippen molar-refractivity contribution >= 4 is 16.8 Å². The van der Waals surface area contributed by atoms with Crippen molar-refractivity contribution in [1.82, 2.24) is 9.47 Å². The molecule has 3 aromatic rings. The summed E-state index contributed by atoms with van der Waals surface area (Å²) < 4.78 is 12.7. The van der Waals surface area contributed by atoms with E-state index in [0.29, 0.717) is 32.7 Å². The van der Waals surface area contributed by atoms with Crippen LogP contribution in [0.25, 0.3) is 10.9 Å². The summed E-state index contributed by atoms with van der Waals surface area (Å²) in [5, 5.41) is 0.991. The van der Waals surface area contributed by atoms with Gasteiger partial charge in [-0.1, -0.05) is 36.1 Å². The van der Waals surface area contributed by atoms with Gasteiger partial charge in [0, 0.05) is 48.7 Å². The van der Waals surface area contributed by atoms with Crippen LogP contribution < -0.4 is 4.74 Å². The maximum absolute atomic E-state index is 13.0. The summed E-state index contributed by atoms with van der Waals surface area (Å²) in [7, 11) is 1.65. The summed E-state index contributed by atoms with van der Waals surface area (Å²) in [6.45, 7) is 3.22. The van der Waals surface area contributed by atoms with Crippen LogP contribution in [0.4, 0.5) is 0 Å². The lowest BCUT2D eigenvalue weighted by atomic mass is 10.1. The highest BCUT2D eigenvalue weighted by molar-refractivity contribution is 6.07. The lowest BCUT2D eigenvalue weighted by Gasteiger charge is -2.26. The van der Waals surface area contributed by atoms with Crippen molar-refractivity contribution in [2.24, 2.45) is 0 Å². The van der Waals surface area contributed by atoms with Crippen LogP contribution in [0.3, 0.4) is 0 Å². The quantitative estimate of drug-likeness (QED) is 0.642. The molecule has 4 rings (SSSR count). The molecule has 0 bridgehead atoms. The number of ether oxygens (including phenoxy) is 2. The van der Waals surface area contributed by atoms with Gasteiger partial charge in [-0.2, -0.15) is 0 Å². The fraction of sp³-hybridized carbons (Fsp3) is 0.292. The third kappa shape index (κ3) is 4.28. The lowest BCUT2D eigenvalue weighted by molar-refractivity contribution is 0.0304. The first kappa shape index (κ1) is 19.1. The molecule has 0 saturated carbocycles. The van der Waals surface area contributed by atoms with Gasteiger partial charge in [0.25, 0.3) is 5.91 Å². The summed E-state index contributed by atoms with van der Waals surface area (Å²) in [4.78, 5) is 14.9. The first-order valence-corrected chi connectivity index (χ1v) is 9.84. The summed E-state index contributed by atoms with van der Waals surface area (Å²) in [5.41, 5.74) is 2.75. The zero-order valence-electron chi connectivity index (χ0n) is 16.6. The Bertz CT molecular complexity index is 1070. The predicted molar refractivity (Wildman–Crippen MR) is 113 cm³/mol. The molecule has 5 heteroatoms. The molecule has 1 aromatic heterocycles. The molecule has 0 aliphatic carbocycles. The number of rotatable bonds is 4. The predicted octanol–water partition coefficient (Wildman–Crippen LogP) is 3.56. The Morgan fingerprint density at radius 1 is 1.14 bits per heavy atom. The van der Waals surface area contributed by atoms with Crippen molar-refractivity contribution in [3.05, 3.63) is 65.9 Å². The number of para-hydroxylation sites is 1. The van der Waals surface area contributed by atoms with Crippen molar-refractivity contribution < 1.29 is 14.3 Å². The number of benzene rings is 2. The maximum atomic E-state index is 13.0. The van der Waals surface area contributed by atoms with Crippen LogP contribution in [0.5, 0.6) is 5.75 Å². The Labute approximate surface area is 170 Å². The van der Waals surface area contributed by atoms with Crippen molar-refractivity contribution in [1.29, 1.82) is 0 Å². The van der Waals surface area contributed by atoms with Crippen LogP contribution in [0.1, 0.15) is 22.3 Å². The molecule has 2 aromatic carbocycles. The van der Waals surface area contributed by atoms with Crippen molar-refractivity contribution in [2.45, 2.75) is 13.0 Å². The van der Waals surface area contributed by atoms with E-state index < -0.39 is 0 Å². The van der Waals surface area contributed by atoms with Crippen LogP contribution in [-0.4, -0.2) is 48.8 Å². The highest BCUT2D eigenvalue weighted by Crippen LogP contribution is 2.23. The molecule has 1 aliphatic rings. The van der Waals surface area contributed by atoms with Gasteiger partial charge in [-0.25, -0.2) is 0 Å². The topological polar surface area (TPSA) is 43.7 Å². The van der Waals surface area contributed by atoms with Gasteiger partial charge in [0.2, 0.25) is 0 Å². The van der Waals surface area contributed by atoms with E-state index in [4.69, 9.17) is 9.47 Å². The molecule has 1 saturated heterocycles. The Morgan fingerprint density at radius 2 is 1.97 bits per heavy atom. The van der Waals surface area contributed by atoms with Gasteiger partial charge in [-0.3, -0.25) is 4.79 Å². The molecule has 5 nitrogen and oxygen atoms in total. The van der Waals surface area contributed by atoms with E-state index in [1.807, 2.05) is 53.6 Å². The molecule has 0 spiro atoms. The number of nitrogens with zero attached hydrogens (tertiary/aromatic N) is 2. The smallest absolute Gasteiger partial charge is 0.256 e. The van der Waals surface area contributed by atoms with Crippen LogP contribution in [-0.2, 0) is 11.3 Å². The number of hydrogen-bond donors (Lipinski definition) is 0. The van der Waals surface area contributed by atoms with E-state index in [9.17, 15) is 4.79 Å². The Morgan fingerprint density at radius 3 is 2.79 bits per heavy atom. The number of carbonyl (C=O) groups excluding carboxylic acids is 1. The zero-order chi connectivity index (χ0) is 20.1. The molecule has 0 unspecified atom stereocenters. The van der Waals surface area contributed by atoms with Gasteiger partial charge in [-0.15, -0.1) is 0 Å². The lowest BCUT2D eigenvalue weighted by Crippen LogP contribution is -2.40. The standard InChI is InChI=1S/C24H24N2O3/c1-28-20-9-6-8-19(17-20)7-4-5-12-26-18-22(21-10-2-3-11-23(21)26)24(27)25-13-15-29-16-14-25/h2-3,6,8-11,17-18H,5,12-16H2,1H3. The van der Waals surface area contributed by atoms with Gasteiger partial charge in [0.15, 0.2) is 0 Å². The van der Waals surface area contributed by atoms with Gasteiger partial charge < -0.3 is 18.9 Å². The summed E-state index contributed by atoms with van der Waals surface area (Å²) >= 11 is 0. The molecule has 29 heavy (non-hydrogen) atoms. The molecular weight excluding hydrogens is 364 g/mol.